The first-order chi connectivity index (χ1) is 13.2. The molecular formula is C24H27O2P. The molecule has 0 heterocycles. The maximum atomic E-state index is 12.4. The fourth-order valence-electron chi connectivity index (χ4n) is 2.85. The smallest absolute Gasteiger partial charge is 0.338 e. The van der Waals surface area contributed by atoms with Crippen LogP contribution in [0.15, 0.2) is 78.9 Å². The van der Waals surface area contributed by atoms with E-state index in [-0.39, 0.29) is 5.97 Å². The van der Waals surface area contributed by atoms with Crippen molar-refractivity contribution in [2.45, 2.75) is 27.2 Å². The number of rotatable bonds is 5. The summed E-state index contributed by atoms with van der Waals surface area (Å²) in [5.74, 6) is -0.281. The Morgan fingerprint density at radius 2 is 1.37 bits per heavy atom. The Balaban J connectivity index is 0.00000126. The van der Waals surface area contributed by atoms with E-state index >= 15 is 0 Å². The summed E-state index contributed by atoms with van der Waals surface area (Å²) >= 11 is 0. The zero-order valence-corrected chi connectivity index (χ0v) is 17.4. The number of carbonyl (C=O) groups is 1. The molecule has 0 amide bonds. The van der Waals surface area contributed by atoms with E-state index in [9.17, 15) is 4.79 Å². The van der Waals surface area contributed by atoms with Crippen molar-refractivity contribution in [1.29, 1.82) is 0 Å². The molecule has 0 bridgehead atoms. The molecule has 0 aliphatic carbocycles. The minimum atomic E-state index is -0.828. The molecule has 0 atom stereocenters. The Hall–Kier alpha value is -2.44. The van der Waals surface area contributed by atoms with Gasteiger partial charge < -0.3 is 4.74 Å². The van der Waals surface area contributed by atoms with Crippen LogP contribution >= 0.6 is 7.92 Å². The van der Waals surface area contributed by atoms with Gasteiger partial charge in [0.25, 0.3) is 0 Å². The molecule has 0 radical (unpaired) electrons. The molecule has 0 aliphatic heterocycles. The van der Waals surface area contributed by atoms with E-state index in [0.29, 0.717) is 5.56 Å². The molecule has 3 heteroatoms. The summed E-state index contributed by atoms with van der Waals surface area (Å²) in [6.07, 6.45) is 0.932. The van der Waals surface area contributed by atoms with Crippen molar-refractivity contribution >= 4 is 29.8 Å². The normalized spacial score (nSPS) is 10.1. The molecule has 140 valence electrons. The van der Waals surface area contributed by atoms with E-state index in [0.717, 1.165) is 11.7 Å². The van der Waals surface area contributed by atoms with E-state index in [1.54, 1.807) is 0 Å². The van der Waals surface area contributed by atoms with Gasteiger partial charge in [0.15, 0.2) is 0 Å². The average Bonchev–Trinajstić information content (AvgIpc) is 2.76. The highest BCUT2D eigenvalue weighted by Crippen LogP contribution is 2.34. The van der Waals surface area contributed by atoms with E-state index in [4.69, 9.17) is 4.74 Å². The molecular weight excluding hydrogens is 351 g/mol. The Morgan fingerprint density at radius 3 is 1.81 bits per heavy atom. The lowest BCUT2D eigenvalue weighted by Gasteiger charge is -2.22. The molecule has 3 aromatic rings. The molecule has 27 heavy (non-hydrogen) atoms. The third kappa shape index (κ3) is 5.05. The second kappa shape index (κ2) is 10.6. The molecule has 0 saturated carbocycles. The maximum Gasteiger partial charge on any atom is 0.338 e. The van der Waals surface area contributed by atoms with Crippen LogP contribution in [0.1, 0.15) is 36.7 Å². The SMILES string of the molecule is CC.CCc1ccc(C(=O)OC)c(P(c2ccccc2)c2ccccc2)c1. The number of esters is 1. The van der Waals surface area contributed by atoms with Crippen LogP contribution in [0.2, 0.25) is 0 Å². The number of benzene rings is 3. The molecule has 0 aliphatic rings. The van der Waals surface area contributed by atoms with Gasteiger partial charge in [-0.05, 0) is 48.0 Å². The highest BCUT2D eigenvalue weighted by atomic mass is 31.1. The van der Waals surface area contributed by atoms with Crippen molar-refractivity contribution in [3.8, 4) is 0 Å². The van der Waals surface area contributed by atoms with Crippen LogP contribution in [0, 0.1) is 0 Å². The number of hydrogen-bond donors (Lipinski definition) is 0. The van der Waals surface area contributed by atoms with Crippen LogP contribution in [-0.4, -0.2) is 13.1 Å². The van der Waals surface area contributed by atoms with Crippen molar-refractivity contribution in [1.82, 2.24) is 0 Å². The van der Waals surface area contributed by atoms with Gasteiger partial charge in [-0.2, -0.15) is 0 Å². The summed E-state index contributed by atoms with van der Waals surface area (Å²) in [6, 6.07) is 26.9. The monoisotopic (exact) mass is 378 g/mol. The van der Waals surface area contributed by atoms with Crippen LogP contribution in [0.3, 0.4) is 0 Å². The number of carbonyl (C=O) groups excluding carboxylic acids is 1. The van der Waals surface area contributed by atoms with Gasteiger partial charge in [0.1, 0.15) is 0 Å². The van der Waals surface area contributed by atoms with Crippen LogP contribution in [0.25, 0.3) is 0 Å². The van der Waals surface area contributed by atoms with Gasteiger partial charge in [0.05, 0.1) is 12.7 Å². The van der Waals surface area contributed by atoms with Crippen molar-refractivity contribution in [3.63, 3.8) is 0 Å². The van der Waals surface area contributed by atoms with Crippen molar-refractivity contribution < 1.29 is 9.53 Å². The fourth-order valence-corrected chi connectivity index (χ4v) is 5.34. The first-order valence-electron chi connectivity index (χ1n) is 9.36. The summed E-state index contributed by atoms with van der Waals surface area (Å²) < 4.78 is 5.04. The zero-order chi connectivity index (χ0) is 19.6. The van der Waals surface area contributed by atoms with Crippen LogP contribution in [0.5, 0.6) is 0 Å². The zero-order valence-electron chi connectivity index (χ0n) is 16.5. The van der Waals surface area contributed by atoms with Crippen molar-refractivity contribution in [2.75, 3.05) is 7.11 Å². The second-order valence-corrected chi connectivity index (χ2v) is 7.89. The number of methoxy groups -OCH3 is 1. The first-order valence-corrected chi connectivity index (χ1v) is 10.7. The highest BCUT2D eigenvalue weighted by Gasteiger charge is 2.23. The third-order valence-electron chi connectivity index (χ3n) is 4.15. The summed E-state index contributed by atoms with van der Waals surface area (Å²) in [7, 11) is 0.610. The molecule has 0 fully saturated rings. The minimum absolute atomic E-state index is 0.281. The lowest BCUT2D eigenvalue weighted by molar-refractivity contribution is 0.0602. The lowest BCUT2D eigenvalue weighted by atomic mass is 10.1. The third-order valence-corrected chi connectivity index (χ3v) is 6.63. The van der Waals surface area contributed by atoms with Gasteiger partial charge in [-0.3, -0.25) is 0 Å². The summed E-state index contributed by atoms with van der Waals surface area (Å²) in [6.45, 7) is 6.13. The quantitative estimate of drug-likeness (QED) is 0.470. The average molecular weight is 378 g/mol. The second-order valence-electron chi connectivity index (χ2n) is 5.70. The molecule has 0 aromatic heterocycles. The topological polar surface area (TPSA) is 26.3 Å². The van der Waals surface area contributed by atoms with Crippen LogP contribution < -0.4 is 15.9 Å². The maximum absolute atomic E-state index is 12.4. The predicted octanol–water partition coefficient (Wildman–Crippen LogP) is 4.82. The number of hydrogen-bond acceptors (Lipinski definition) is 2. The highest BCUT2D eigenvalue weighted by molar-refractivity contribution is 7.80. The van der Waals surface area contributed by atoms with Gasteiger partial charge in [-0.25, -0.2) is 4.79 Å². The van der Waals surface area contributed by atoms with Gasteiger partial charge in [0.2, 0.25) is 0 Å². The minimum Gasteiger partial charge on any atom is -0.465 e. The molecule has 2 nitrogen and oxygen atoms in total. The molecule has 0 saturated heterocycles. The van der Waals surface area contributed by atoms with Crippen molar-refractivity contribution in [2.24, 2.45) is 0 Å². The molecule has 3 aromatic carbocycles. The number of aryl methyl sites for hydroxylation is 1. The summed E-state index contributed by atoms with van der Waals surface area (Å²) in [4.78, 5) is 12.4. The van der Waals surface area contributed by atoms with E-state index in [2.05, 4.69) is 61.5 Å². The number of ether oxygens (including phenoxy) is 1. The van der Waals surface area contributed by atoms with Gasteiger partial charge in [-0.15, -0.1) is 0 Å². The molecule has 0 unspecified atom stereocenters. The predicted molar refractivity (Wildman–Crippen MR) is 117 cm³/mol. The summed E-state index contributed by atoms with van der Waals surface area (Å²) in [5, 5.41) is 3.50. The Bertz CT molecular complexity index is 805. The van der Waals surface area contributed by atoms with Gasteiger partial charge in [0, 0.05) is 0 Å². The fraction of sp³-hybridized carbons (Fsp3) is 0.208. The summed E-state index contributed by atoms with van der Waals surface area (Å²) in [5.41, 5.74) is 1.88. The Morgan fingerprint density at radius 1 is 0.852 bits per heavy atom. The van der Waals surface area contributed by atoms with Crippen molar-refractivity contribution in [3.05, 3.63) is 90.0 Å². The first kappa shape index (κ1) is 20.9. The molecule has 3 rings (SSSR count). The van der Waals surface area contributed by atoms with E-state index in [1.165, 1.54) is 23.3 Å². The van der Waals surface area contributed by atoms with Crippen LogP contribution in [-0.2, 0) is 11.2 Å². The molecule has 0 spiro atoms. The van der Waals surface area contributed by atoms with E-state index in [1.807, 2.05) is 38.1 Å². The van der Waals surface area contributed by atoms with E-state index < -0.39 is 7.92 Å². The Kier molecular flexibility index (Phi) is 8.23. The van der Waals surface area contributed by atoms with Crippen LogP contribution in [0.4, 0.5) is 0 Å². The van der Waals surface area contributed by atoms with Gasteiger partial charge >= 0.3 is 5.97 Å². The Labute approximate surface area is 164 Å². The standard InChI is InChI=1S/C22H21O2P.C2H6/c1-3-17-14-15-20(22(23)24-2)21(16-17)25(18-10-6-4-7-11-18)19-12-8-5-9-13-19;1-2/h4-16H,3H2,1-2H3;1-2H3. The largest absolute Gasteiger partial charge is 0.465 e. The molecule has 0 N–H and O–H groups in total. The lowest BCUT2D eigenvalue weighted by Crippen LogP contribution is -2.26. The van der Waals surface area contributed by atoms with Gasteiger partial charge in [-0.1, -0.05) is 87.5 Å².